The lowest BCUT2D eigenvalue weighted by Crippen LogP contribution is -2.45. The van der Waals surface area contributed by atoms with Gasteiger partial charge in [-0.25, -0.2) is 0 Å². The molecule has 2 nitrogen and oxygen atoms in total. The minimum atomic E-state index is 0.258. The van der Waals surface area contributed by atoms with Crippen LogP contribution in [0.15, 0.2) is 0 Å². The molecule has 17 heavy (non-hydrogen) atoms. The molecule has 2 aliphatic heterocycles. The molecular formula is C14H27NOS. The minimum Gasteiger partial charge on any atom is -0.375 e. The molecular weight excluding hydrogens is 230 g/mol. The van der Waals surface area contributed by atoms with E-state index in [1.807, 2.05) is 0 Å². The summed E-state index contributed by atoms with van der Waals surface area (Å²) in [6.07, 6.45) is 5.09. The summed E-state index contributed by atoms with van der Waals surface area (Å²) in [5.41, 5.74) is 0.258. The quantitative estimate of drug-likeness (QED) is 0.837. The fourth-order valence-electron chi connectivity index (χ4n) is 2.97. The van der Waals surface area contributed by atoms with Crippen molar-refractivity contribution in [2.75, 3.05) is 31.2 Å². The second kappa shape index (κ2) is 6.44. The Bertz CT molecular complexity index is 221. The standard InChI is InChI=1S/C14H27NOS/c1-12(2)10-15-11-13-3-6-16-14(9-13)4-7-17-8-5-14/h12-13,15H,3-11H2,1-2H3. The van der Waals surface area contributed by atoms with Crippen LogP contribution in [0.3, 0.4) is 0 Å². The number of hydrogen-bond acceptors (Lipinski definition) is 3. The monoisotopic (exact) mass is 257 g/mol. The van der Waals surface area contributed by atoms with Gasteiger partial charge in [0.1, 0.15) is 0 Å². The molecule has 0 saturated carbocycles. The van der Waals surface area contributed by atoms with E-state index >= 15 is 0 Å². The molecule has 100 valence electrons. The van der Waals surface area contributed by atoms with Crippen molar-refractivity contribution in [1.29, 1.82) is 0 Å². The lowest BCUT2D eigenvalue weighted by molar-refractivity contribution is -0.101. The number of nitrogens with one attached hydrogen (secondary N) is 1. The smallest absolute Gasteiger partial charge is 0.0701 e. The number of thioether (sulfide) groups is 1. The van der Waals surface area contributed by atoms with Gasteiger partial charge < -0.3 is 10.1 Å². The first-order valence-electron chi connectivity index (χ1n) is 7.13. The van der Waals surface area contributed by atoms with E-state index in [-0.39, 0.29) is 5.60 Å². The van der Waals surface area contributed by atoms with E-state index < -0.39 is 0 Å². The van der Waals surface area contributed by atoms with Crippen LogP contribution in [0.1, 0.15) is 39.5 Å². The number of ether oxygens (including phenoxy) is 1. The zero-order valence-corrected chi connectivity index (χ0v) is 12.2. The van der Waals surface area contributed by atoms with E-state index in [0.29, 0.717) is 0 Å². The maximum atomic E-state index is 6.12. The first kappa shape index (κ1) is 13.7. The van der Waals surface area contributed by atoms with Gasteiger partial charge in [0.05, 0.1) is 5.60 Å². The Morgan fingerprint density at radius 3 is 2.82 bits per heavy atom. The Balaban J connectivity index is 1.76. The Labute approximate surface area is 110 Å². The van der Waals surface area contributed by atoms with Gasteiger partial charge in [0.2, 0.25) is 0 Å². The molecule has 0 aromatic carbocycles. The summed E-state index contributed by atoms with van der Waals surface area (Å²) in [4.78, 5) is 0. The van der Waals surface area contributed by atoms with Crippen LogP contribution in [0.4, 0.5) is 0 Å². The molecule has 0 aliphatic carbocycles. The van der Waals surface area contributed by atoms with Gasteiger partial charge in [-0.2, -0.15) is 11.8 Å². The van der Waals surface area contributed by atoms with Crippen LogP contribution < -0.4 is 5.32 Å². The third kappa shape index (κ3) is 4.15. The van der Waals surface area contributed by atoms with Crippen molar-refractivity contribution in [1.82, 2.24) is 5.32 Å². The van der Waals surface area contributed by atoms with E-state index in [1.165, 1.54) is 43.7 Å². The molecule has 2 rings (SSSR count). The van der Waals surface area contributed by atoms with Crippen LogP contribution in [0.5, 0.6) is 0 Å². The van der Waals surface area contributed by atoms with Crippen molar-refractivity contribution in [3.63, 3.8) is 0 Å². The van der Waals surface area contributed by atoms with Crippen LogP contribution in [0.25, 0.3) is 0 Å². The summed E-state index contributed by atoms with van der Waals surface area (Å²) in [5.74, 6) is 4.19. The highest BCUT2D eigenvalue weighted by atomic mass is 32.2. The predicted molar refractivity (Wildman–Crippen MR) is 75.7 cm³/mol. The summed E-state index contributed by atoms with van der Waals surface area (Å²) < 4.78 is 6.12. The molecule has 2 fully saturated rings. The van der Waals surface area contributed by atoms with Crippen molar-refractivity contribution in [2.24, 2.45) is 11.8 Å². The summed E-state index contributed by atoms with van der Waals surface area (Å²) >= 11 is 2.09. The van der Waals surface area contributed by atoms with Crippen LogP contribution in [0, 0.1) is 11.8 Å². The highest BCUT2D eigenvalue weighted by Gasteiger charge is 2.38. The zero-order valence-electron chi connectivity index (χ0n) is 11.3. The average Bonchev–Trinajstić information content (AvgIpc) is 2.29. The van der Waals surface area contributed by atoms with E-state index in [2.05, 4.69) is 30.9 Å². The van der Waals surface area contributed by atoms with Gasteiger partial charge in [0.15, 0.2) is 0 Å². The molecule has 1 unspecified atom stereocenters. The summed E-state index contributed by atoms with van der Waals surface area (Å²) in [5, 5.41) is 3.62. The molecule has 2 aliphatic rings. The van der Waals surface area contributed by atoms with Crippen molar-refractivity contribution in [2.45, 2.75) is 45.1 Å². The maximum Gasteiger partial charge on any atom is 0.0701 e. The third-order valence-corrected chi connectivity index (χ3v) is 4.97. The predicted octanol–water partition coefficient (Wildman–Crippen LogP) is 2.92. The van der Waals surface area contributed by atoms with Crippen molar-refractivity contribution in [3.05, 3.63) is 0 Å². The van der Waals surface area contributed by atoms with E-state index in [9.17, 15) is 0 Å². The molecule has 3 heteroatoms. The van der Waals surface area contributed by atoms with E-state index in [4.69, 9.17) is 4.74 Å². The Morgan fingerprint density at radius 1 is 1.35 bits per heavy atom. The fourth-order valence-corrected chi connectivity index (χ4v) is 4.21. The van der Waals surface area contributed by atoms with E-state index in [0.717, 1.165) is 25.0 Å². The molecule has 2 saturated heterocycles. The van der Waals surface area contributed by atoms with Crippen LogP contribution >= 0.6 is 11.8 Å². The SMILES string of the molecule is CC(C)CNCC1CCOC2(CCSCC2)C1. The first-order chi connectivity index (χ1) is 8.20. The molecule has 0 amide bonds. The number of rotatable bonds is 4. The Kier molecular flexibility index (Phi) is 5.19. The van der Waals surface area contributed by atoms with Crippen molar-refractivity contribution in [3.8, 4) is 0 Å². The van der Waals surface area contributed by atoms with Gasteiger partial charge in [0, 0.05) is 6.61 Å². The molecule has 1 N–H and O–H groups in total. The van der Waals surface area contributed by atoms with Crippen LogP contribution in [-0.2, 0) is 4.74 Å². The van der Waals surface area contributed by atoms with Gasteiger partial charge in [-0.15, -0.1) is 0 Å². The molecule has 1 atom stereocenters. The van der Waals surface area contributed by atoms with Gasteiger partial charge >= 0.3 is 0 Å². The Morgan fingerprint density at radius 2 is 2.12 bits per heavy atom. The third-order valence-electron chi connectivity index (χ3n) is 3.98. The van der Waals surface area contributed by atoms with Gasteiger partial charge in [-0.1, -0.05) is 13.8 Å². The van der Waals surface area contributed by atoms with E-state index in [1.54, 1.807) is 0 Å². The minimum absolute atomic E-state index is 0.258. The largest absolute Gasteiger partial charge is 0.375 e. The van der Waals surface area contributed by atoms with Crippen molar-refractivity contribution < 1.29 is 4.74 Å². The number of hydrogen-bond donors (Lipinski definition) is 1. The highest BCUT2D eigenvalue weighted by molar-refractivity contribution is 7.99. The van der Waals surface area contributed by atoms with Crippen molar-refractivity contribution >= 4 is 11.8 Å². The van der Waals surface area contributed by atoms with Gasteiger partial charge in [-0.05, 0) is 62.1 Å². The average molecular weight is 257 g/mol. The van der Waals surface area contributed by atoms with Gasteiger partial charge in [0.25, 0.3) is 0 Å². The molecule has 1 spiro atoms. The second-order valence-corrected chi connectivity index (χ2v) is 7.28. The zero-order chi connectivity index (χ0) is 12.1. The summed E-state index contributed by atoms with van der Waals surface area (Å²) in [6.45, 7) is 7.88. The molecule has 0 aromatic rings. The maximum absolute atomic E-state index is 6.12. The van der Waals surface area contributed by atoms with Crippen LogP contribution in [0.2, 0.25) is 0 Å². The topological polar surface area (TPSA) is 21.3 Å². The van der Waals surface area contributed by atoms with Gasteiger partial charge in [-0.3, -0.25) is 0 Å². The first-order valence-corrected chi connectivity index (χ1v) is 8.28. The van der Waals surface area contributed by atoms with Crippen LogP contribution in [-0.4, -0.2) is 36.8 Å². The fraction of sp³-hybridized carbons (Fsp3) is 1.00. The lowest BCUT2D eigenvalue weighted by Gasteiger charge is -2.43. The Hall–Kier alpha value is 0.270. The summed E-state index contributed by atoms with van der Waals surface area (Å²) in [6, 6.07) is 0. The lowest BCUT2D eigenvalue weighted by atomic mass is 9.82. The normalized spacial score (nSPS) is 28.8. The highest BCUT2D eigenvalue weighted by Crippen LogP contribution is 2.39. The molecule has 0 aromatic heterocycles. The molecule has 0 radical (unpaired) electrons. The second-order valence-electron chi connectivity index (χ2n) is 6.05. The summed E-state index contributed by atoms with van der Waals surface area (Å²) in [7, 11) is 0. The molecule has 2 heterocycles. The molecule has 0 bridgehead atoms.